The van der Waals surface area contributed by atoms with Crippen LogP contribution in [0.2, 0.25) is 0 Å². The number of carbonyl (C=O) groups is 1. The maximum Gasteiger partial charge on any atom is 0.168 e. The molecule has 4 nitrogen and oxygen atoms in total. The average molecular weight is 261 g/mol. The number of carbonyl (C=O) groups excluding carboxylic acids is 1. The Morgan fingerprint density at radius 2 is 1.35 bits per heavy atom. The summed E-state index contributed by atoms with van der Waals surface area (Å²) in [5.74, 6) is 0. The summed E-state index contributed by atoms with van der Waals surface area (Å²) in [6.07, 6.45) is 7.64. The van der Waals surface area contributed by atoms with Crippen molar-refractivity contribution in [3.8, 4) is 22.4 Å². The van der Waals surface area contributed by atoms with Crippen LogP contribution < -0.4 is 0 Å². The summed E-state index contributed by atoms with van der Waals surface area (Å²) >= 11 is 0. The van der Waals surface area contributed by atoms with Crippen LogP contribution in [0.4, 0.5) is 0 Å². The molecule has 0 saturated carbocycles. The number of nitrogens with zero attached hydrogens (tertiary/aromatic N) is 3. The predicted molar refractivity (Wildman–Crippen MR) is 76.1 cm³/mol. The van der Waals surface area contributed by atoms with Gasteiger partial charge in [-0.3, -0.25) is 14.8 Å². The van der Waals surface area contributed by atoms with Gasteiger partial charge in [0.25, 0.3) is 0 Å². The van der Waals surface area contributed by atoms with Crippen LogP contribution in [0.5, 0.6) is 0 Å². The van der Waals surface area contributed by atoms with Gasteiger partial charge in [0.2, 0.25) is 0 Å². The van der Waals surface area contributed by atoms with Gasteiger partial charge in [-0.15, -0.1) is 0 Å². The van der Waals surface area contributed by atoms with E-state index >= 15 is 0 Å². The standard InChI is InChI=1S/C16H11N3O/c20-11-14-1-2-15(12-3-7-17-8-4-12)16(19-14)13-5-9-18-10-6-13/h1-11H. The summed E-state index contributed by atoms with van der Waals surface area (Å²) in [5, 5.41) is 0. The average Bonchev–Trinajstić information content (AvgIpc) is 2.56. The number of aromatic nitrogens is 3. The number of aldehydes is 1. The van der Waals surface area contributed by atoms with Crippen LogP contribution in [0.15, 0.2) is 61.2 Å². The van der Waals surface area contributed by atoms with Gasteiger partial charge in [0.15, 0.2) is 6.29 Å². The first-order chi connectivity index (χ1) is 9.88. The van der Waals surface area contributed by atoms with E-state index in [1.165, 1.54) is 0 Å². The quantitative estimate of drug-likeness (QED) is 0.680. The lowest BCUT2D eigenvalue weighted by Gasteiger charge is -2.09. The lowest BCUT2D eigenvalue weighted by atomic mass is 10.0. The normalized spacial score (nSPS) is 10.2. The van der Waals surface area contributed by atoms with Crippen LogP contribution in [-0.2, 0) is 0 Å². The van der Waals surface area contributed by atoms with Gasteiger partial charge in [0.1, 0.15) is 5.69 Å². The van der Waals surface area contributed by atoms with Gasteiger partial charge in [-0.2, -0.15) is 0 Å². The molecule has 0 fully saturated rings. The van der Waals surface area contributed by atoms with Crippen molar-refractivity contribution in [1.29, 1.82) is 0 Å². The highest BCUT2D eigenvalue weighted by atomic mass is 16.1. The fourth-order valence-electron chi connectivity index (χ4n) is 2.03. The van der Waals surface area contributed by atoms with Gasteiger partial charge in [-0.25, -0.2) is 4.98 Å². The van der Waals surface area contributed by atoms with Crippen LogP contribution >= 0.6 is 0 Å². The maximum atomic E-state index is 11.0. The van der Waals surface area contributed by atoms with Gasteiger partial charge in [-0.1, -0.05) is 0 Å². The molecule has 0 aliphatic rings. The number of hydrogen-bond acceptors (Lipinski definition) is 4. The van der Waals surface area contributed by atoms with E-state index in [0.29, 0.717) is 5.69 Å². The molecular weight excluding hydrogens is 250 g/mol. The first kappa shape index (κ1) is 12.2. The van der Waals surface area contributed by atoms with Crippen molar-refractivity contribution in [3.05, 3.63) is 66.9 Å². The lowest BCUT2D eigenvalue weighted by Crippen LogP contribution is -1.94. The largest absolute Gasteiger partial charge is 0.296 e. The third-order valence-electron chi connectivity index (χ3n) is 2.98. The molecule has 3 aromatic rings. The monoisotopic (exact) mass is 261 g/mol. The Bertz CT molecular complexity index is 727. The van der Waals surface area contributed by atoms with Gasteiger partial charge in [0, 0.05) is 35.9 Å². The molecule has 0 aromatic carbocycles. The van der Waals surface area contributed by atoms with Crippen molar-refractivity contribution in [2.24, 2.45) is 0 Å². The topological polar surface area (TPSA) is 55.7 Å². The number of pyridine rings is 3. The van der Waals surface area contributed by atoms with Crippen molar-refractivity contribution in [1.82, 2.24) is 15.0 Å². The lowest BCUT2D eigenvalue weighted by molar-refractivity contribution is 0.111. The highest BCUT2D eigenvalue weighted by Crippen LogP contribution is 2.29. The van der Waals surface area contributed by atoms with E-state index in [1.54, 1.807) is 30.9 Å². The zero-order chi connectivity index (χ0) is 13.8. The molecule has 20 heavy (non-hydrogen) atoms. The molecule has 3 aromatic heterocycles. The van der Waals surface area contributed by atoms with Gasteiger partial charge >= 0.3 is 0 Å². The maximum absolute atomic E-state index is 11.0. The Morgan fingerprint density at radius 3 is 1.95 bits per heavy atom. The number of rotatable bonds is 3. The SMILES string of the molecule is O=Cc1ccc(-c2ccncc2)c(-c2ccncc2)n1. The predicted octanol–water partition coefficient (Wildman–Crippen LogP) is 3.02. The van der Waals surface area contributed by atoms with Gasteiger partial charge in [-0.05, 0) is 42.0 Å². The molecule has 0 saturated heterocycles. The summed E-state index contributed by atoms with van der Waals surface area (Å²) in [7, 11) is 0. The van der Waals surface area contributed by atoms with Crippen LogP contribution in [-0.4, -0.2) is 21.2 Å². The first-order valence-corrected chi connectivity index (χ1v) is 6.15. The van der Waals surface area contributed by atoms with E-state index in [0.717, 1.165) is 28.7 Å². The molecule has 0 unspecified atom stereocenters. The minimum atomic E-state index is 0.412. The summed E-state index contributed by atoms with van der Waals surface area (Å²) in [4.78, 5) is 23.4. The molecule has 4 heteroatoms. The minimum Gasteiger partial charge on any atom is -0.296 e. The third-order valence-corrected chi connectivity index (χ3v) is 2.98. The van der Waals surface area contributed by atoms with Gasteiger partial charge in [0.05, 0.1) is 5.69 Å². The van der Waals surface area contributed by atoms with Crippen molar-refractivity contribution in [3.63, 3.8) is 0 Å². The fraction of sp³-hybridized carbons (Fsp3) is 0. The zero-order valence-electron chi connectivity index (χ0n) is 10.6. The second-order valence-corrected chi connectivity index (χ2v) is 4.22. The highest BCUT2D eigenvalue weighted by molar-refractivity contribution is 5.83. The Morgan fingerprint density at radius 1 is 0.750 bits per heavy atom. The molecule has 0 atom stereocenters. The van der Waals surface area contributed by atoms with E-state index in [-0.39, 0.29) is 0 Å². The molecule has 0 bridgehead atoms. The second-order valence-electron chi connectivity index (χ2n) is 4.22. The second kappa shape index (κ2) is 5.40. The van der Waals surface area contributed by atoms with Crippen LogP contribution in [0, 0.1) is 0 Å². The summed E-state index contributed by atoms with van der Waals surface area (Å²) in [5.41, 5.74) is 4.08. The molecule has 0 spiro atoms. The molecule has 3 rings (SSSR count). The molecule has 0 radical (unpaired) electrons. The van der Waals surface area contributed by atoms with Crippen LogP contribution in [0.3, 0.4) is 0 Å². The minimum absolute atomic E-state index is 0.412. The molecule has 0 aliphatic carbocycles. The highest BCUT2D eigenvalue weighted by Gasteiger charge is 2.10. The molecule has 0 N–H and O–H groups in total. The van der Waals surface area contributed by atoms with Crippen molar-refractivity contribution in [2.75, 3.05) is 0 Å². The Hall–Kier alpha value is -2.88. The fourth-order valence-corrected chi connectivity index (χ4v) is 2.03. The molecule has 3 heterocycles. The molecular formula is C16H11N3O. The smallest absolute Gasteiger partial charge is 0.168 e. The van der Waals surface area contributed by atoms with E-state index < -0.39 is 0 Å². The van der Waals surface area contributed by atoms with Gasteiger partial charge < -0.3 is 0 Å². The van der Waals surface area contributed by atoms with Crippen LogP contribution in [0.1, 0.15) is 10.5 Å². The summed E-state index contributed by atoms with van der Waals surface area (Å²) in [6, 6.07) is 11.2. The van der Waals surface area contributed by atoms with Crippen molar-refractivity contribution in [2.45, 2.75) is 0 Å². The Balaban J connectivity index is 2.23. The third kappa shape index (κ3) is 2.31. The first-order valence-electron chi connectivity index (χ1n) is 6.15. The van der Waals surface area contributed by atoms with E-state index in [1.807, 2.05) is 30.3 Å². The van der Waals surface area contributed by atoms with Crippen molar-refractivity contribution >= 4 is 6.29 Å². The molecule has 0 aliphatic heterocycles. The van der Waals surface area contributed by atoms with E-state index in [9.17, 15) is 4.79 Å². The van der Waals surface area contributed by atoms with E-state index in [4.69, 9.17) is 0 Å². The molecule has 96 valence electrons. The van der Waals surface area contributed by atoms with Crippen molar-refractivity contribution < 1.29 is 4.79 Å². The molecule has 0 amide bonds. The van der Waals surface area contributed by atoms with Crippen LogP contribution in [0.25, 0.3) is 22.4 Å². The summed E-state index contributed by atoms with van der Waals surface area (Å²) < 4.78 is 0. The Labute approximate surface area is 116 Å². The summed E-state index contributed by atoms with van der Waals surface area (Å²) in [6.45, 7) is 0. The van der Waals surface area contributed by atoms with E-state index in [2.05, 4.69) is 15.0 Å². The Kier molecular flexibility index (Phi) is 3.29. The zero-order valence-corrected chi connectivity index (χ0v) is 10.6. The number of hydrogen-bond donors (Lipinski definition) is 0.